The predicted octanol–water partition coefficient (Wildman–Crippen LogP) is 1.60. The summed E-state index contributed by atoms with van der Waals surface area (Å²) in [5.74, 6) is 0.569. The zero-order valence-corrected chi connectivity index (χ0v) is 9.72. The second-order valence-electron chi connectivity index (χ2n) is 3.80. The van der Waals surface area contributed by atoms with Crippen molar-refractivity contribution < 1.29 is 9.21 Å². The van der Waals surface area contributed by atoms with E-state index in [9.17, 15) is 4.79 Å². The van der Waals surface area contributed by atoms with Gasteiger partial charge in [0.05, 0.1) is 18.2 Å². The van der Waals surface area contributed by atoms with E-state index in [4.69, 9.17) is 4.42 Å². The van der Waals surface area contributed by atoms with Crippen LogP contribution >= 0.6 is 0 Å². The van der Waals surface area contributed by atoms with Gasteiger partial charge in [0.2, 0.25) is 0 Å². The number of amides is 1. The lowest BCUT2D eigenvalue weighted by Gasteiger charge is -2.04. The van der Waals surface area contributed by atoms with E-state index in [1.165, 1.54) is 6.26 Å². The minimum absolute atomic E-state index is 0.0816. The molecule has 0 aromatic carbocycles. The molecular weight excluding hydrogens is 218 g/mol. The lowest BCUT2D eigenvalue weighted by Crippen LogP contribution is -2.25. The predicted molar refractivity (Wildman–Crippen MR) is 62.6 cm³/mol. The number of carbonyl (C=O) groups excluding carboxylic acids is 1. The van der Waals surface area contributed by atoms with Crippen LogP contribution in [0.4, 0.5) is 0 Å². The van der Waals surface area contributed by atoms with Crippen LogP contribution < -0.4 is 5.32 Å². The minimum Gasteiger partial charge on any atom is -0.469 e. The first-order valence-electron chi connectivity index (χ1n) is 5.55. The Labute approximate surface area is 99.5 Å². The number of hydrogen-bond donors (Lipinski definition) is 1. The van der Waals surface area contributed by atoms with Crippen LogP contribution in [0.2, 0.25) is 0 Å². The molecule has 0 unspecified atom stereocenters. The summed E-state index contributed by atoms with van der Waals surface area (Å²) < 4.78 is 7.06. The molecule has 0 radical (unpaired) electrons. The molecule has 17 heavy (non-hydrogen) atoms. The molecule has 0 aliphatic carbocycles. The number of nitrogens with one attached hydrogen (secondary N) is 1. The highest BCUT2D eigenvalue weighted by Crippen LogP contribution is 2.07. The van der Waals surface area contributed by atoms with Crippen molar-refractivity contribution >= 4 is 5.91 Å². The van der Waals surface area contributed by atoms with Gasteiger partial charge in [0.1, 0.15) is 5.76 Å². The van der Waals surface area contributed by atoms with E-state index in [1.807, 2.05) is 10.8 Å². The Kier molecular flexibility index (Phi) is 3.59. The maximum Gasteiger partial charge on any atom is 0.254 e. The third kappa shape index (κ3) is 2.96. The zero-order valence-electron chi connectivity index (χ0n) is 9.72. The summed E-state index contributed by atoms with van der Waals surface area (Å²) in [6.07, 6.45) is 7.81. The van der Waals surface area contributed by atoms with Gasteiger partial charge in [-0.25, -0.2) is 4.98 Å². The molecule has 0 aliphatic heterocycles. The van der Waals surface area contributed by atoms with Gasteiger partial charge in [-0.15, -0.1) is 0 Å². The van der Waals surface area contributed by atoms with Gasteiger partial charge in [0.25, 0.3) is 5.91 Å². The van der Waals surface area contributed by atoms with Gasteiger partial charge in [-0.1, -0.05) is 0 Å². The van der Waals surface area contributed by atoms with E-state index in [1.54, 1.807) is 25.5 Å². The van der Waals surface area contributed by atoms with Crippen molar-refractivity contribution in [3.05, 3.63) is 42.4 Å². The Morgan fingerprint density at radius 2 is 2.47 bits per heavy atom. The molecule has 2 rings (SSSR count). The quantitative estimate of drug-likeness (QED) is 0.798. The largest absolute Gasteiger partial charge is 0.469 e. The topological polar surface area (TPSA) is 60.1 Å². The fourth-order valence-corrected chi connectivity index (χ4v) is 1.60. The Morgan fingerprint density at radius 3 is 3.12 bits per heavy atom. The van der Waals surface area contributed by atoms with Crippen LogP contribution in [0.25, 0.3) is 0 Å². The van der Waals surface area contributed by atoms with E-state index in [0.717, 1.165) is 13.0 Å². The highest BCUT2D eigenvalue weighted by atomic mass is 16.3. The number of hydrogen-bond acceptors (Lipinski definition) is 3. The SMILES string of the molecule is Cc1occc1C(=O)NCCCn1ccnc1. The summed E-state index contributed by atoms with van der Waals surface area (Å²) in [5.41, 5.74) is 0.604. The monoisotopic (exact) mass is 233 g/mol. The normalized spacial score (nSPS) is 10.4. The van der Waals surface area contributed by atoms with Crippen molar-refractivity contribution in [1.82, 2.24) is 14.9 Å². The molecule has 0 atom stereocenters. The molecule has 1 amide bonds. The van der Waals surface area contributed by atoms with Crippen LogP contribution in [-0.2, 0) is 6.54 Å². The van der Waals surface area contributed by atoms with Crippen LogP contribution in [-0.4, -0.2) is 22.0 Å². The number of imidazole rings is 1. The third-order valence-corrected chi connectivity index (χ3v) is 2.54. The molecule has 0 saturated heterocycles. The maximum atomic E-state index is 11.7. The van der Waals surface area contributed by atoms with Gasteiger partial charge in [-0.2, -0.15) is 0 Å². The van der Waals surface area contributed by atoms with E-state index < -0.39 is 0 Å². The lowest BCUT2D eigenvalue weighted by atomic mass is 10.2. The molecular formula is C12H15N3O2. The second kappa shape index (κ2) is 5.34. The fourth-order valence-electron chi connectivity index (χ4n) is 1.60. The van der Waals surface area contributed by atoms with Crippen molar-refractivity contribution in [1.29, 1.82) is 0 Å². The molecule has 5 nitrogen and oxygen atoms in total. The third-order valence-electron chi connectivity index (χ3n) is 2.54. The molecule has 0 saturated carbocycles. The molecule has 2 aromatic rings. The summed E-state index contributed by atoms with van der Waals surface area (Å²) >= 11 is 0. The molecule has 5 heteroatoms. The summed E-state index contributed by atoms with van der Waals surface area (Å²) in [6.45, 7) is 3.27. The smallest absolute Gasteiger partial charge is 0.254 e. The molecule has 1 N–H and O–H groups in total. The number of furan rings is 1. The number of rotatable bonds is 5. The average molecular weight is 233 g/mol. The molecule has 0 spiro atoms. The highest BCUT2D eigenvalue weighted by molar-refractivity contribution is 5.94. The Balaban J connectivity index is 1.72. The van der Waals surface area contributed by atoms with E-state index in [-0.39, 0.29) is 5.91 Å². The maximum absolute atomic E-state index is 11.7. The zero-order chi connectivity index (χ0) is 12.1. The molecule has 0 bridgehead atoms. The summed E-state index contributed by atoms with van der Waals surface area (Å²) in [7, 11) is 0. The van der Waals surface area contributed by atoms with Crippen molar-refractivity contribution in [3.63, 3.8) is 0 Å². The van der Waals surface area contributed by atoms with Crippen LogP contribution in [0, 0.1) is 6.92 Å². The van der Waals surface area contributed by atoms with Crippen LogP contribution in [0.15, 0.2) is 35.5 Å². The highest BCUT2D eigenvalue weighted by Gasteiger charge is 2.09. The van der Waals surface area contributed by atoms with Gasteiger partial charge in [0, 0.05) is 25.5 Å². The summed E-state index contributed by atoms with van der Waals surface area (Å²) in [4.78, 5) is 15.6. The Hall–Kier alpha value is -2.04. The molecule has 2 aromatic heterocycles. The van der Waals surface area contributed by atoms with Gasteiger partial charge < -0.3 is 14.3 Å². The summed E-state index contributed by atoms with van der Waals surface area (Å²) in [6, 6.07) is 1.68. The summed E-state index contributed by atoms with van der Waals surface area (Å²) in [5, 5.41) is 2.86. The average Bonchev–Trinajstić information content (AvgIpc) is 2.95. The van der Waals surface area contributed by atoms with Gasteiger partial charge in [-0.05, 0) is 19.4 Å². The molecule has 2 heterocycles. The van der Waals surface area contributed by atoms with Crippen molar-refractivity contribution in [2.24, 2.45) is 0 Å². The molecule has 0 fully saturated rings. The minimum atomic E-state index is -0.0816. The van der Waals surface area contributed by atoms with E-state index in [0.29, 0.717) is 17.9 Å². The fraction of sp³-hybridized carbons (Fsp3) is 0.333. The Bertz CT molecular complexity index is 474. The number of aromatic nitrogens is 2. The van der Waals surface area contributed by atoms with Crippen molar-refractivity contribution in [3.8, 4) is 0 Å². The lowest BCUT2D eigenvalue weighted by molar-refractivity contribution is 0.0951. The van der Waals surface area contributed by atoms with Gasteiger partial charge >= 0.3 is 0 Å². The van der Waals surface area contributed by atoms with E-state index >= 15 is 0 Å². The van der Waals surface area contributed by atoms with Gasteiger partial charge in [0.15, 0.2) is 0 Å². The van der Waals surface area contributed by atoms with Gasteiger partial charge in [-0.3, -0.25) is 4.79 Å². The number of nitrogens with zero attached hydrogens (tertiary/aromatic N) is 2. The first kappa shape index (κ1) is 11.4. The van der Waals surface area contributed by atoms with Crippen LogP contribution in [0.3, 0.4) is 0 Å². The Morgan fingerprint density at radius 1 is 1.59 bits per heavy atom. The van der Waals surface area contributed by atoms with Crippen molar-refractivity contribution in [2.45, 2.75) is 19.9 Å². The standard InChI is InChI=1S/C12H15N3O2/c1-10-11(3-8-17-10)12(16)14-4-2-6-15-7-5-13-9-15/h3,5,7-9H,2,4,6H2,1H3,(H,14,16). The number of carbonyl (C=O) groups is 1. The molecule has 90 valence electrons. The van der Waals surface area contributed by atoms with Crippen LogP contribution in [0.1, 0.15) is 22.5 Å². The van der Waals surface area contributed by atoms with E-state index in [2.05, 4.69) is 10.3 Å². The molecule has 0 aliphatic rings. The van der Waals surface area contributed by atoms with Crippen molar-refractivity contribution in [2.75, 3.05) is 6.54 Å². The first-order chi connectivity index (χ1) is 8.27. The second-order valence-corrected chi connectivity index (χ2v) is 3.80. The van der Waals surface area contributed by atoms with Crippen LogP contribution in [0.5, 0.6) is 0 Å². The first-order valence-corrected chi connectivity index (χ1v) is 5.55. The number of aryl methyl sites for hydroxylation is 2.